The molecule has 0 radical (unpaired) electrons. The minimum Gasteiger partial charge on any atom is -0.497 e. The van der Waals surface area contributed by atoms with Crippen molar-refractivity contribution in [2.24, 2.45) is 0 Å². The van der Waals surface area contributed by atoms with Crippen LogP contribution in [-0.4, -0.2) is 13.0 Å². The topological polar surface area (TPSA) is 47.6 Å². The van der Waals surface area contributed by atoms with Gasteiger partial charge in [-0.25, -0.2) is 0 Å². The summed E-state index contributed by atoms with van der Waals surface area (Å²) in [4.78, 5) is 13.0. The summed E-state index contributed by atoms with van der Waals surface area (Å²) >= 11 is 1.40. The maximum Gasteiger partial charge on any atom is 0.265 e. The van der Waals surface area contributed by atoms with Crippen LogP contribution in [0.5, 0.6) is 11.5 Å². The van der Waals surface area contributed by atoms with Crippen molar-refractivity contribution in [2.45, 2.75) is 20.5 Å². The Kier molecular flexibility index (Phi) is 5.58. The highest BCUT2D eigenvalue weighted by Gasteiger charge is 2.10. The van der Waals surface area contributed by atoms with E-state index in [-0.39, 0.29) is 5.91 Å². The van der Waals surface area contributed by atoms with Gasteiger partial charge in [0.05, 0.1) is 12.0 Å². The van der Waals surface area contributed by atoms with Gasteiger partial charge in [0.2, 0.25) is 0 Å². The van der Waals surface area contributed by atoms with Crippen molar-refractivity contribution in [1.82, 2.24) is 0 Å². The maximum absolute atomic E-state index is 12.4. The number of carbonyl (C=O) groups excluding carboxylic acids is 1. The van der Waals surface area contributed by atoms with Crippen molar-refractivity contribution >= 4 is 22.9 Å². The Hall–Kier alpha value is -2.79. The molecule has 0 saturated carbocycles. The lowest BCUT2D eigenvalue weighted by Gasteiger charge is -2.07. The van der Waals surface area contributed by atoms with E-state index in [0.717, 1.165) is 11.3 Å². The second-order valence-corrected chi connectivity index (χ2v) is 6.95. The van der Waals surface area contributed by atoms with E-state index < -0.39 is 0 Å². The number of rotatable bonds is 6. The Morgan fingerprint density at radius 3 is 2.65 bits per heavy atom. The lowest BCUT2D eigenvalue weighted by molar-refractivity contribution is 0.103. The van der Waals surface area contributed by atoms with Gasteiger partial charge in [-0.2, -0.15) is 0 Å². The van der Waals surface area contributed by atoms with E-state index in [9.17, 15) is 4.79 Å². The van der Waals surface area contributed by atoms with E-state index in [2.05, 4.69) is 19.2 Å². The zero-order valence-electron chi connectivity index (χ0n) is 15.0. The molecule has 0 aliphatic rings. The Balaban J connectivity index is 1.61. The first-order chi connectivity index (χ1) is 12.5. The van der Waals surface area contributed by atoms with E-state index in [4.69, 9.17) is 9.47 Å². The van der Waals surface area contributed by atoms with Crippen LogP contribution in [0.3, 0.4) is 0 Å². The third-order valence-corrected chi connectivity index (χ3v) is 5.07. The van der Waals surface area contributed by atoms with Crippen LogP contribution in [0, 0.1) is 13.8 Å². The number of ether oxygens (including phenoxy) is 2. The summed E-state index contributed by atoms with van der Waals surface area (Å²) in [6.45, 7) is 4.57. The predicted octanol–water partition coefficient (Wildman–Crippen LogP) is 5.20. The fraction of sp³-hybridized carbons (Fsp3) is 0.190. The number of hydrogen-bond donors (Lipinski definition) is 1. The smallest absolute Gasteiger partial charge is 0.265 e. The molecule has 1 amide bonds. The van der Waals surface area contributed by atoms with Crippen molar-refractivity contribution in [3.8, 4) is 11.5 Å². The number of methoxy groups -OCH3 is 1. The fourth-order valence-corrected chi connectivity index (χ4v) is 3.23. The minimum atomic E-state index is -0.138. The minimum absolute atomic E-state index is 0.138. The molecule has 0 unspecified atom stereocenters. The zero-order chi connectivity index (χ0) is 18.5. The predicted molar refractivity (Wildman–Crippen MR) is 106 cm³/mol. The highest BCUT2D eigenvalue weighted by atomic mass is 32.1. The summed E-state index contributed by atoms with van der Waals surface area (Å²) in [5.74, 6) is 1.40. The second kappa shape index (κ2) is 8.06. The van der Waals surface area contributed by atoms with Crippen LogP contribution in [-0.2, 0) is 6.61 Å². The summed E-state index contributed by atoms with van der Waals surface area (Å²) in [5, 5.41) is 4.83. The van der Waals surface area contributed by atoms with Gasteiger partial charge >= 0.3 is 0 Å². The molecule has 1 heterocycles. The van der Waals surface area contributed by atoms with Gasteiger partial charge in [0.25, 0.3) is 5.91 Å². The van der Waals surface area contributed by atoms with Crippen LogP contribution in [0.2, 0.25) is 0 Å². The number of carbonyl (C=O) groups is 1. The van der Waals surface area contributed by atoms with Crippen LogP contribution < -0.4 is 14.8 Å². The lowest BCUT2D eigenvalue weighted by atomic mass is 10.1. The molecule has 0 aliphatic carbocycles. The molecular weight excluding hydrogens is 346 g/mol. The fourth-order valence-electron chi connectivity index (χ4n) is 2.43. The summed E-state index contributed by atoms with van der Waals surface area (Å²) in [5.41, 5.74) is 4.12. The van der Waals surface area contributed by atoms with Crippen molar-refractivity contribution in [2.75, 3.05) is 12.4 Å². The first-order valence-electron chi connectivity index (χ1n) is 8.28. The average Bonchev–Trinajstić information content (AvgIpc) is 3.12. The molecule has 26 heavy (non-hydrogen) atoms. The van der Waals surface area contributed by atoms with Crippen LogP contribution in [0.15, 0.2) is 53.9 Å². The third kappa shape index (κ3) is 4.43. The molecule has 4 nitrogen and oxygen atoms in total. The van der Waals surface area contributed by atoms with Crippen LogP contribution >= 0.6 is 11.3 Å². The number of aryl methyl sites for hydroxylation is 2. The van der Waals surface area contributed by atoms with Gasteiger partial charge in [0.1, 0.15) is 18.1 Å². The molecule has 0 atom stereocenters. The molecule has 1 aromatic heterocycles. The number of nitrogens with one attached hydrogen (secondary N) is 1. The number of benzene rings is 2. The summed E-state index contributed by atoms with van der Waals surface area (Å²) in [6.07, 6.45) is 0. The lowest BCUT2D eigenvalue weighted by Crippen LogP contribution is -2.10. The highest BCUT2D eigenvalue weighted by Crippen LogP contribution is 2.22. The molecule has 0 saturated heterocycles. The maximum atomic E-state index is 12.4. The monoisotopic (exact) mass is 367 g/mol. The van der Waals surface area contributed by atoms with E-state index >= 15 is 0 Å². The van der Waals surface area contributed by atoms with Crippen LogP contribution in [0.4, 0.5) is 5.69 Å². The Labute approximate surface area is 157 Å². The third-order valence-electron chi connectivity index (χ3n) is 4.09. The van der Waals surface area contributed by atoms with Gasteiger partial charge in [-0.3, -0.25) is 4.79 Å². The van der Waals surface area contributed by atoms with Crippen molar-refractivity contribution in [1.29, 1.82) is 0 Å². The molecule has 2 aromatic carbocycles. The van der Waals surface area contributed by atoms with Crippen LogP contribution in [0.1, 0.15) is 26.4 Å². The molecule has 3 aromatic rings. The molecule has 5 heteroatoms. The van der Waals surface area contributed by atoms with Gasteiger partial charge in [0, 0.05) is 17.3 Å². The van der Waals surface area contributed by atoms with E-state index in [0.29, 0.717) is 22.9 Å². The SMILES string of the molecule is COc1cccc(NC(=O)c2cc(COc3ccc(C)c(C)c3)cs2)c1. The van der Waals surface area contributed by atoms with Crippen molar-refractivity contribution < 1.29 is 14.3 Å². The van der Waals surface area contributed by atoms with Crippen molar-refractivity contribution in [3.05, 3.63) is 75.5 Å². The Bertz CT molecular complexity index is 917. The van der Waals surface area contributed by atoms with Crippen LogP contribution in [0.25, 0.3) is 0 Å². The molecule has 0 bridgehead atoms. The highest BCUT2D eigenvalue weighted by molar-refractivity contribution is 7.12. The van der Waals surface area contributed by atoms with E-state index in [1.165, 1.54) is 22.5 Å². The zero-order valence-corrected chi connectivity index (χ0v) is 15.9. The Morgan fingerprint density at radius 1 is 1.04 bits per heavy atom. The van der Waals surface area contributed by atoms with Gasteiger partial charge in [0.15, 0.2) is 0 Å². The molecule has 0 fully saturated rings. The van der Waals surface area contributed by atoms with Gasteiger partial charge in [-0.15, -0.1) is 11.3 Å². The molecule has 0 aliphatic heterocycles. The molecule has 1 N–H and O–H groups in total. The van der Waals surface area contributed by atoms with Gasteiger partial charge in [-0.1, -0.05) is 12.1 Å². The summed E-state index contributed by atoms with van der Waals surface area (Å²) in [6, 6.07) is 15.2. The quantitative estimate of drug-likeness (QED) is 0.651. The van der Waals surface area contributed by atoms with E-state index in [1.807, 2.05) is 47.8 Å². The number of hydrogen-bond acceptors (Lipinski definition) is 4. The molecular formula is C21H21NO3S. The molecule has 3 rings (SSSR count). The average molecular weight is 367 g/mol. The molecule has 134 valence electrons. The van der Waals surface area contributed by atoms with Gasteiger partial charge < -0.3 is 14.8 Å². The normalized spacial score (nSPS) is 10.4. The summed E-state index contributed by atoms with van der Waals surface area (Å²) < 4.78 is 11.0. The van der Waals surface area contributed by atoms with Crippen molar-refractivity contribution in [3.63, 3.8) is 0 Å². The first kappa shape index (κ1) is 18.0. The standard InChI is InChI=1S/C21H21NO3S/c1-14-7-8-19(9-15(14)2)25-12-16-10-20(26-13-16)21(23)22-17-5-4-6-18(11-17)24-3/h4-11,13H,12H2,1-3H3,(H,22,23). The number of amides is 1. The number of thiophene rings is 1. The Morgan fingerprint density at radius 2 is 1.88 bits per heavy atom. The molecule has 0 spiro atoms. The number of anilines is 1. The van der Waals surface area contributed by atoms with Gasteiger partial charge in [-0.05, 0) is 60.7 Å². The van der Waals surface area contributed by atoms with E-state index in [1.54, 1.807) is 13.2 Å². The second-order valence-electron chi connectivity index (χ2n) is 6.04. The summed E-state index contributed by atoms with van der Waals surface area (Å²) in [7, 11) is 1.60. The first-order valence-corrected chi connectivity index (χ1v) is 9.16. The largest absolute Gasteiger partial charge is 0.497 e.